The first-order valence-corrected chi connectivity index (χ1v) is 11.6. The summed E-state index contributed by atoms with van der Waals surface area (Å²) in [6.07, 6.45) is 5.58. The van der Waals surface area contributed by atoms with Gasteiger partial charge in [0.05, 0.1) is 13.7 Å². The second-order valence-corrected chi connectivity index (χ2v) is 9.18. The first-order chi connectivity index (χ1) is 15.2. The van der Waals surface area contributed by atoms with Gasteiger partial charge in [-0.05, 0) is 42.7 Å². The maximum atomic E-state index is 13.7. The van der Waals surface area contributed by atoms with Gasteiger partial charge in [-0.1, -0.05) is 43.5 Å². The molecule has 2 heterocycles. The van der Waals surface area contributed by atoms with Crippen molar-refractivity contribution < 1.29 is 4.74 Å². The summed E-state index contributed by atoms with van der Waals surface area (Å²) in [7, 11) is 1.63. The second kappa shape index (κ2) is 8.27. The van der Waals surface area contributed by atoms with Crippen LogP contribution in [0.3, 0.4) is 0 Å². The van der Waals surface area contributed by atoms with E-state index >= 15 is 0 Å². The summed E-state index contributed by atoms with van der Waals surface area (Å²) < 4.78 is 7.86. The van der Waals surface area contributed by atoms with Crippen molar-refractivity contribution in [3.05, 3.63) is 80.5 Å². The zero-order valence-corrected chi connectivity index (χ0v) is 18.3. The van der Waals surface area contributed by atoms with E-state index in [0.717, 1.165) is 47.5 Å². The van der Waals surface area contributed by atoms with Crippen molar-refractivity contribution in [1.29, 1.82) is 0 Å². The molecule has 0 spiro atoms. The Balaban J connectivity index is 1.74. The molecule has 5 nitrogen and oxygen atoms in total. The molecule has 0 bridgehead atoms. The van der Waals surface area contributed by atoms with Gasteiger partial charge in [-0.15, -0.1) is 11.3 Å². The average Bonchev–Trinajstić information content (AvgIpc) is 2.81. The number of hydrogen-bond acceptors (Lipinski definition) is 5. The number of aromatic nitrogens is 2. The van der Waals surface area contributed by atoms with Gasteiger partial charge in [0.1, 0.15) is 21.8 Å². The van der Waals surface area contributed by atoms with E-state index in [0.29, 0.717) is 16.8 Å². The molecule has 0 N–H and O–H groups in total. The molecule has 1 aliphatic carbocycles. The van der Waals surface area contributed by atoms with Crippen molar-refractivity contribution in [2.45, 2.75) is 44.6 Å². The minimum atomic E-state index is -0.228. The normalized spacial score (nSPS) is 14.9. The first kappa shape index (κ1) is 19.9. The Kier molecular flexibility index (Phi) is 5.32. The lowest BCUT2D eigenvalue weighted by Gasteiger charge is -2.24. The summed E-state index contributed by atoms with van der Waals surface area (Å²) in [5.74, 6) is 1.84. The zero-order chi connectivity index (χ0) is 21.4. The van der Waals surface area contributed by atoms with Crippen LogP contribution < -0.4 is 15.7 Å². The van der Waals surface area contributed by atoms with Gasteiger partial charge in [0.25, 0.3) is 5.56 Å². The average molecular weight is 433 g/mol. The van der Waals surface area contributed by atoms with Crippen LogP contribution in [0.1, 0.15) is 49.4 Å². The Bertz CT molecular complexity index is 1370. The molecular formula is C25H24N2O3S. The van der Waals surface area contributed by atoms with Gasteiger partial charge in [-0.2, -0.15) is 0 Å². The van der Waals surface area contributed by atoms with E-state index in [1.807, 2.05) is 42.5 Å². The third kappa shape index (κ3) is 3.65. The summed E-state index contributed by atoms with van der Waals surface area (Å²) in [4.78, 5) is 32.4. The van der Waals surface area contributed by atoms with Gasteiger partial charge in [0.2, 0.25) is 5.43 Å². The molecule has 1 saturated carbocycles. The third-order valence-electron chi connectivity index (χ3n) is 6.20. The maximum absolute atomic E-state index is 13.7. The highest BCUT2D eigenvalue weighted by molar-refractivity contribution is 7.24. The Hall–Kier alpha value is -2.99. The Morgan fingerprint density at radius 3 is 2.52 bits per heavy atom. The highest BCUT2D eigenvalue weighted by atomic mass is 32.1. The Morgan fingerprint density at radius 2 is 1.77 bits per heavy atom. The molecule has 0 atom stereocenters. The van der Waals surface area contributed by atoms with Gasteiger partial charge < -0.3 is 4.74 Å². The second-order valence-electron chi connectivity index (χ2n) is 8.15. The Labute approximate surface area is 184 Å². The van der Waals surface area contributed by atoms with Crippen molar-refractivity contribution in [2.24, 2.45) is 0 Å². The molecule has 4 aromatic rings. The van der Waals surface area contributed by atoms with E-state index in [-0.39, 0.29) is 22.3 Å². The fourth-order valence-corrected chi connectivity index (χ4v) is 5.59. The molecule has 0 aliphatic heterocycles. The summed E-state index contributed by atoms with van der Waals surface area (Å²) in [5, 5.41) is 0.789. The molecule has 1 fully saturated rings. The van der Waals surface area contributed by atoms with Crippen molar-refractivity contribution in [1.82, 2.24) is 9.55 Å². The molecule has 2 aromatic heterocycles. The van der Waals surface area contributed by atoms with Gasteiger partial charge >= 0.3 is 0 Å². The summed E-state index contributed by atoms with van der Waals surface area (Å²) in [5.41, 5.74) is 0.534. The van der Waals surface area contributed by atoms with Crippen LogP contribution in [-0.4, -0.2) is 16.7 Å². The summed E-state index contributed by atoms with van der Waals surface area (Å²) in [6.45, 7) is 0.397. The van der Waals surface area contributed by atoms with Gasteiger partial charge in [0, 0.05) is 16.0 Å². The third-order valence-corrected chi connectivity index (χ3v) is 7.27. The van der Waals surface area contributed by atoms with Crippen molar-refractivity contribution in [3.63, 3.8) is 0 Å². The van der Waals surface area contributed by atoms with Crippen LogP contribution in [0, 0.1) is 0 Å². The molecule has 0 radical (unpaired) electrons. The predicted octanol–water partition coefficient (Wildman–Crippen LogP) is 5.08. The molecule has 158 valence electrons. The lowest BCUT2D eigenvalue weighted by atomic mass is 9.88. The fourth-order valence-electron chi connectivity index (χ4n) is 4.54. The first-order valence-electron chi connectivity index (χ1n) is 10.7. The van der Waals surface area contributed by atoms with Gasteiger partial charge in [-0.25, -0.2) is 4.98 Å². The zero-order valence-electron chi connectivity index (χ0n) is 17.5. The summed E-state index contributed by atoms with van der Waals surface area (Å²) in [6, 6.07) is 15.2. The van der Waals surface area contributed by atoms with E-state index in [1.165, 1.54) is 17.8 Å². The Morgan fingerprint density at radius 1 is 1.03 bits per heavy atom. The molecule has 0 saturated heterocycles. The standard InChI is InChI=1S/C25H24N2O3S/c1-30-18-13-11-16(12-14-18)15-27-23(17-7-3-2-4-8-17)26-24-21(25(27)29)22(28)19-9-5-6-10-20(19)31-24/h5-6,9-14,17H,2-4,7-8,15H2,1H3. The van der Waals surface area contributed by atoms with E-state index < -0.39 is 0 Å². The molecule has 0 unspecified atom stereocenters. The molecule has 2 aromatic carbocycles. The topological polar surface area (TPSA) is 61.2 Å². The minimum absolute atomic E-state index is 0.205. The van der Waals surface area contributed by atoms with E-state index in [1.54, 1.807) is 17.7 Å². The largest absolute Gasteiger partial charge is 0.497 e. The van der Waals surface area contributed by atoms with Gasteiger partial charge in [-0.3, -0.25) is 14.2 Å². The molecule has 6 heteroatoms. The van der Waals surface area contributed by atoms with E-state index in [9.17, 15) is 9.59 Å². The fraction of sp³-hybridized carbons (Fsp3) is 0.320. The minimum Gasteiger partial charge on any atom is -0.497 e. The van der Waals surface area contributed by atoms with Crippen LogP contribution in [0.25, 0.3) is 20.3 Å². The SMILES string of the molecule is COc1ccc(Cn2c(C3CCCCC3)nc3sc4ccccc4c(=O)c3c2=O)cc1. The van der Waals surface area contributed by atoms with Gasteiger partial charge in [0.15, 0.2) is 0 Å². The highest BCUT2D eigenvalue weighted by Gasteiger charge is 2.24. The van der Waals surface area contributed by atoms with Crippen LogP contribution in [0.4, 0.5) is 0 Å². The molecular weight excluding hydrogens is 408 g/mol. The van der Waals surface area contributed by atoms with Crippen molar-refractivity contribution >= 4 is 31.6 Å². The number of nitrogens with zero attached hydrogens (tertiary/aromatic N) is 2. The van der Waals surface area contributed by atoms with Crippen molar-refractivity contribution in [2.75, 3.05) is 7.11 Å². The van der Waals surface area contributed by atoms with Crippen LogP contribution in [-0.2, 0) is 6.54 Å². The molecule has 31 heavy (non-hydrogen) atoms. The highest BCUT2D eigenvalue weighted by Crippen LogP contribution is 2.33. The number of benzene rings is 2. The van der Waals surface area contributed by atoms with Crippen LogP contribution in [0.15, 0.2) is 58.1 Å². The molecule has 5 rings (SSSR count). The van der Waals surface area contributed by atoms with Crippen LogP contribution in [0.5, 0.6) is 5.75 Å². The smallest absolute Gasteiger partial charge is 0.266 e. The number of fused-ring (bicyclic) bond motifs is 2. The van der Waals surface area contributed by atoms with Crippen LogP contribution in [0.2, 0.25) is 0 Å². The molecule has 1 aliphatic rings. The maximum Gasteiger partial charge on any atom is 0.266 e. The number of methoxy groups -OCH3 is 1. The molecule has 0 amide bonds. The summed E-state index contributed by atoms with van der Waals surface area (Å²) >= 11 is 1.44. The van der Waals surface area contributed by atoms with Crippen molar-refractivity contribution in [3.8, 4) is 5.75 Å². The predicted molar refractivity (Wildman–Crippen MR) is 126 cm³/mol. The quantitative estimate of drug-likeness (QED) is 0.422. The number of ether oxygens (including phenoxy) is 1. The van der Waals surface area contributed by atoms with E-state index in [2.05, 4.69) is 0 Å². The number of rotatable bonds is 4. The van der Waals surface area contributed by atoms with E-state index in [4.69, 9.17) is 9.72 Å². The lowest BCUT2D eigenvalue weighted by molar-refractivity contribution is 0.412. The monoisotopic (exact) mass is 432 g/mol. The lowest BCUT2D eigenvalue weighted by Crippen LogP contribution is -2.31. The van der Waals surface area contributed by atoms with Crippen LogP contribution >= 0.6 is 11.3 Å². The number of hydrogen-bond donors (Lipinski definition) is 0.